The van der Waals surface area contributed by atoms with Gasteiger partial charge in [0.1, 0.15) is 5.56 Å². The van der Waals surface area contributed by atoms with Crippen LogP contribution < -0.4 is 16.5 Å². The third-order valence-corrected chi connectivity index (χ3v) is 4.90. The highest BCUT2D eigenvalue weighted by molar-refractivity contribution is 6.61. The van der Waals surface area contributed by atoms with Crippen LogP contribution in [-0.4, -0.2) is 41.0 Å². The number of aromatic nitrogens is 2. The number of benzene rings is 1. The summed E-state index contributed by atoms with van der Waals surface area (Å²) in [7, 11) is -0.967. The number of primary amides is 1. The molecule has 2 unspecified atom stereocenters. The minimum atomic E-state index is -0.967. The number of fused-ring (bicyclic) bond motifs is 1. The van der Waals surface area contributed by atoms with Crippen LogP contribution in [0.3, 0.4) is 0 Å². The Morgan fingerprint density at radius 1 is 1.52 bits per heavy atom. The monoisotopic (exact) mass is 367 g/mol. The van der Waals surface area contributed by atoms with E-state index in [1.165, 1.54) is 0 Å². The van der Waals surface area contributed by atoms with Crippen LogP contribution in [0, 0.1) is 17.2 Å². The van der Waals surface area contributed by atoms with Gasteiger partial charge < -0.3 is 25.5 Å². The molecule has 4 rings (SSSR count). The molecule has 4 N–H and O–H groups in total. The number of hydrogen-bond donors (Lipinski definition) is 3. The number of nitriles is 1. The number of anilines is 2. The number of nitrogens with zero attached hydrogens (tertiary/aromatic N) is 3. The third-order valence-electron chi connectivity index (χ3n) is 4.90. The van der Waals surface area contributed by atoms with Crippen molar-refractivity contribution in [1.82, 2.24) is 9.78 Å². The quantitative estimate of drug-likeness (QED) is 0.650. The normalized spacial score (nSPS) is 21.6. The minimum absolute atomic E-state index is 0.217. The molecular formula is C17H18BN5O4. The fraction of sp³-hybridized carbons (Fsp3) is 0.353. The summed E-state index contributed by atoms with van der Waals surface area (Å²) in [5.41, 5.74) is 7.94. The van der Waals surface area contributed by atoms with E-state index in [2.05, 4.69) is 16.5 Å². The molecular weight excluding hydrogens is 349 g/mol. The lowest BCUT2D eigenvalue weighted by atomic mass is 9.79. The summed E-state index contributed by atoms with van der Waals surface area (Å²) in [4.78, 5) is 11.9. The molecule has 2 aliphatic rings. The van der Waals surface area contributed by atoms with Gasteiger partial charge in [-0.2, -0.15) is 10.4 Å². The van der Waals surface area contributed by atoms with Gasteiger partial charge in [0, 0.05) is 18.5 Å². The van der Waals surface area contributed by atoms with Gasteiger partial charge in [0.05, 0.1) is 31.2 Å². The molecule has 3 heterocycles. The second-order valence-corrected chi connectivity index (χ2v) is 6.60. The topological polar surface area (TPSA) is 135 Å². The number of nitrogens with two attached hydrogens (primary N) is 1. The average Bonchev–Trinajstić information content (AvgIpc) is 3.26. The molecule has 10 heteroatoms. The third kappa shape index (κ3) is 3.28. The van der Waals surface area contributed by atoms with E-state index in [9.17, 15) is 15.1 Å². The van der Waals surface area contributed by atoms with Crippen molar-refractivity contribution in [2.45, 2.75) is 19.1 Å². The van der Waals surface area contributed by atoms with Gasteiger partial charge in [0.15, 0.2) is 5.82 Å². The highest BCUT2D eigenvalue weighted by atomic mass is 16.5. The maximum atomic E-state index is 11.9. The van der Waals surface area contributed by atoms with Crippen molar-refractivity contribution < 1.29 is 19.2 Å². The van der Waals surface area contributed by atoms with Crippen molar-refractivity contribution in [2.24, 2.45) is 11.7 Å². The van der Waals surface area contributed by atoms with E-state index in [-0.39, 0.29) is 23.3 Å². The summed E-state index contributed by atoms with van der Waals surface area (Å²) in [6, 6.07) is 7.39. The SMILES string of the molecule is N#CC1CCOCC1n1cc(C(N)=O)c(Nc2ccc3c(c2)B(O)OC3)n1. The Labute approximate surface area is 155 Å². The second kappa shape index (κ2) is 7.04. The van der Waals surface area contributed by atoms with Gasteiger partial charge in [-0.25, -0.2) is 0 Å². The smallest absolute Gasteiger partial charge is 0.423 e. The van der Waals surface area contributed by atoms with Gasteiger partial charge in [-0.3, -0.25) is 9.48 Å². The molecule has 1 saturated heterocycles. The number of carbonyl (C=O) groups excluding carboxylic acids is 1. The van der Waals surface area contributed by atoms with Gasteiger partial charge in [-0.05, 0) is 29.6 Å². The molecule has 2 aliphatic heterocycles. The Morgan fingerprint density at radius 3 is 3.15 bits per heavy atom. The van der Waals surface area contributed by atoms with Crippen LogP contribution in [0.15, 0.2) is 24.4 Å². The second-order valence-electron chi connectivity index (χ2n) is 6.60. The lowest BCUT2D eigenvalue weighted by Crippen LogP contribution is -2.29. The summed E-state index contributed by atoms with van der Waals surface area (Å²) < 4.78 is 12.2. The van der Waals surface area contributed by atoms with E-state index in [1.807, 2.05) is 12.1 Å². The molecule has 138 valence electrons. The van der Waals surface area contributed by atoms with Crippen LogP contribution >= 0.6 is 0 Å². The number of ether oxygens (including phenoxy) is 1. The Bertz CT molecular complexity index is 925. The molecule has 1 amide bonds. The van der Waals surface area contributed by atoms with E-state index in [1.54, 1.807) is 16.9 Å². The zero-order valence-electron chi connectivity index (χ0n) is 14.5. The lowest BCUT2D eigenvalue weighted by Gasteiger charge is -2.26. The van der Waals surface area contributed by atoms with Gasteiger partial charge in [0.2, 0.25) is 0 Å². The zero-order chi connectivity index (χ0) is 19.0. The molecule has 0 saturated carbocycles. The first-order valence-electron chi connectivity index (χ1n) is 8.62. The van der Waals surface area contributed by atoms with Crippen molar-refractivity contribution in [3.8, 4) is 6.07 Å². The van der Waals surface area contributed by atoms with Gasteiger partial charge in [0.25, 0.3) is 5.91 Å². The Morgan fingerprint density at radius 2 is 2.37 bits per heavy atom. The Kier molecular flexibility index (Phi) is 4.57. The predicted molar refractivity (Wildman–Crippen MR) is 96.4 cm³/mol. The first-order valence-corrected chi connectivity index (χ1v) is 8.62. The Balaban J connectivity index is 1.65. The minimum Gasteiger partial charge on any atom is -0.423 e. The first kappa shape index (κ1) is 17.5. The van der Waals surface area contributed by atoms with Crippen molar-refractivity contribution in [3.05, 3.63) is 35.5 Å². The highest BCUT2D eigenvalue weighted by Gasteiger charge is 2.30. The van der Waals surface area contributed by atoms with E-state index in [0.29, 0.717) is 37.4 Å². The van der Waals surface area contributed by atoms with Crippen molar-refractivity contribution in [3.63, 3.8) is 0 Å². The fourth-order valence-corrected chi connectivity index (χ4v) is 3.40. The van der Waals surface area contributed by atoms with Crippen molar-refractivity contribution >= 4 is 30.0 Å². The van der Waals surface area contributed by atoms with E-state index >= 15 is 0 Å². The summed E-state index contributed by atoms with van der Waals surface area (Å²) in [6.07, 6.45) is 2.15. The van der Waals surface area contributed by atoms with Crippen LogP contribution in [0.25, 0.3) is 0 Å². The van der Waals surface area contributed by atoms with Crippen molar-refractivity contribution in [1.29, 1.82) is 5.26 Å². The molecule has 1 aromatic carbocycles. The van der Waals surface area contributed by atoms with Crippen LogP contribution in [0.4, 0.5) is 11.5 Å². The largest absolute Gasteiger partial charge is 0.491 e. The standard InChI is InChI=1S/C17H18BN5O4/c19-6-10-3-4-26-9-15(10)23-7-13(16(20)24)17(22-23)21-12-2-1-11-8-27-18(25)14(11)5-12/h1-2,5,7,10,15,25H,3-4,8-9H2,(H2,20,24)(H,21,22). The van der Waals surface area contributed by atoms with E-state index in [0.717, 1.165) is 5.56 Å². The van der Waals surface area contributed by atoms with Gasteiger partial charge >= 0.3 is 7.12 Å². The molecule has 1 aromatic heterocycles. The van der Waals surface area contributed by atoms with Crippen LogP contribution in [-0.2, 0) is 16.0 Å². The number of nitrogens with one attached hydrogen (secondary N) is 1. The number of carbonyl (C=O) groups is 1. The number of rotatable bonds is 4. The van der Waals surface area contributed by atoms with Crippen LogP contribution in [0.5, 0.6) is 0 Å². The fourth-order valence-electron chi connectivity index (χ4n) is 3.40. The van der Waals surface area contributed by atoms with Crippen LogP contribution in [0.2, 0.25) is 0 Å². The molecule has 2 atom stereocenters. The molecule has 1 fully saturated rings. The van der Waals surface area contributed by atoms with E-state index in [4.69, 9.17) is 15.1 Å². The lowest BCUT2D eigenvalue weighted by molar-refractivity contribution is 0.0342. The molecule has 27 heavy (non-hydrogen) atoms. The maximum absolute atomic E-state index is 11.9. The summed E-state index contributed by atoms with van der Waals surface area (Å²) in [6.45, 7) is 1.23. The number of amides is 1. The summed E-state index contributed by atoms with van der Waals surface area (Å²) in [5, 5.41) is 26.7. The molecule has 0 spiro atoms. The molecule has 9 nitrogen and oxygen atoms in total. The molecule has 2 aromatic rings. The Hall–Kier alpha value is -2.87. The van der Waals surface area contributed by atoms with E-state index < -0.39 is 13.0 Å². The maximum Gasteiger partial charge on any atom is 0.491 e. The zero-order valence-corrected chi connectivity index (χ0v) is 14.5. The number of hydrogen-bond acceptors (Lipinski definition) is 7. The van der Waals surface area contributed by atoms with Crippen LogP contribution in [0.1, 0.15) is 28.4 Å². The summed E-state index contributed by atoms with van der Waals surface area (Å²) >= 11 is 0. The predicted octanol–water partition coefficient (Wildman–Crippen LogP) is 0.0445. The average molecular weight is 367 g/mol. The van der Waals surface area contributed by atoms with Crippen molar-refractivity contribution in [2.75, 3.05) is 18.5 Å². The molecule has 0 aliphatic carbocycles. The van der Waals surface area contributed by atoms with Gasteiger partial charge in [-0.1, -0.05) is 6.07 Å². The molecule has 0 bridgehead atoms. The molecule has 0 radical (unpaired) electrons. The van der Waals surface area contributed by atoms with Gasteiger partial charge in [-0.15, -0.1) is 0 Å². The highest BCUT2D eigenvalue weighted by Crippen LogP contribution is 2.28. The summed E-state index contributed by atoms with van der Waals surface area (Å²) in [5.74, 6) is -0.587. The first-order chi connectivity index (χ1) is 13.1.